The Morgan fingerprint density at radius 1 is 1.40 bits per heavy atom. The third-order valence-corrected chi connectivity index (χ3v) is 3.44. The molecule has 1 aromatic carbocycles. The van der Waals surface area contributed by atoms with Crippen molar-refractivity contribution in [2.75, 3.05) is 0 Å². The van der Waals surface area contributed by atoms with Crippen LogP contribution in [0.2, 0.25) is 10.0 Å². The number of carboxylic acids is 1. The highest BCUT2D eigenvalue weighted by Gasteiger charge is 2.26. The van der Waals surface area contributed by atoms with E-state index < -0.39 is 11.8 Å². The minimum Gasteiger partial charge on any atom is -0.476 e. The quantitative estimate of drug-likeness (QED) is 0.925. The summed E-state index contributed by atoms with van der Waals surface area (Å²) in [6.45, 7) is 3.61. The summed E-state index contributed by atoms with van der Waals surface area (Å²) in [6, 6.07) is 4.18. The van der Waals surface area contributed by atoms with Gasteiger partial charge in [-0.05, 0) is 18.1 Å². The Bertz CT molecular complexity index is 663. The molecule has 1 N–H and O–H groups in total. The molecule has 0 atom stereocenters. The van der Waals surface area contributed by atoms with Crippen molar-refractivity contribution in [1.29, 1.82) is 0 Å². The zero-order valence-corrected chi connectivity index (χ0v) is 12.2. The minimum absolute atomic E-state index is 0.00716. The molecule has 106 valence electrons. The topological polar surface area (TPSA) is 55.1 Å². The second-order valence-electron chi connectivity index (χ2n) is 4.49. The number of para-hydroxylation sites is 1. The van der Waals surface area contributed by atoms with Gasteiger partial charge >= 0.3 is 5.97 Å². The number of nitrogens with zero attached hydrogens (tertiary/aromatic N) is 2. The van der Waals surface area contributed by atoms with Crippen LogP contribution >= 0.6 is 23.2 Å². The molecule has 0 unspecified atom stereocenters. The number of benzene rings is 1. The average Bonchev–Trinajstić information content (AvgIpc) is 2.66. The Morgan fingerprint density at radius 2 is 2.05 bits per heavy atom. The first kappa shape index (κ1) is 14.8. The molecule has 0 aliphatic heterocycles. The molecule has 2 rings (SSSR count). The molecule has 0 fully saturated rings. The van der Waals surface area contributed by atoms with Crippen LogP contribution in [0, 0.1) is 5.82 Å². The van der Waals surface area contributed by atoms with E-state index in [1.165, 1.54) is 18.2 Å². The molecule has 0 radical (unpaired) electrons. The zero-order valence-electron chi connectivity index (χ0n) is 10.7. The summed E-state index contributed by atoms with van der Waals surface area (Å²) >= 11 is 12.0. The molecule has 0 saturated heterocycles. The summed E-state index contributed by atoms with van der Waals surface area (Å²) in [4.78, 5) is 11.1. The van der Waals surface area contributed by atoms with Crippen LogP contribution < -0.4 is 0 Å². The van der Waals surface area contributed by atoms with E-state index in [0.717, 1.165) is 4.68 Å². The van der Waals surface area contributed by atoms with E-state index in [1.54, 1.807) is 13.8 Å². The van der Waals surface area contributed by atoms with Gasteiger partial charge in [-0.1, -0.05) is 43.1 Å². The lowest BCUT2D eigenvalue weighted by molar-refractivity contribution is 0.0690. The molecule has 0 saturated carbocycles. The second kappa shape index (κ2) is 5.42. The lowest BCUT2D eigenvalue weighted by Gasteiger charge is -2.12. The number of halogens is 3. The van der Waals surface area contributed by atoms with E-state index in [1.807, 2.05) is 0 Å². The van der Waals surface area contributed by atoms with Gasteiger partial charge in [-0.2, -0.15) is 5.10 Å². The zero-order chi connectivity index (χ0) is 15.0. The van der Waals surface area contributed by atoms with Gasteiger partial charge in [0.25, 0.3) is 0 Å². The number of hydrogen-bond donors (Lipinski definition) is 1. The minimum atomic E-state index is -1.27. The van der Waals surface area contributed by atoms with E-state index in [0.29, 0.717) is 5.69 Å². The van der Waals surface area contributed by atoms with Crippen molar-refractivity contribution in [3.63, 3.8) is 0 Å². The Labute approximate surface area is 124 Å². The molecule has 1 aromatic heterocycles. The van der Waals surface area contributed by atoms with Gasteiger partial charge in [0.05, 0.1) is 15.7 Å². The Morgan fingerprint density at radius 3 is 2.55 bits per heavy atom. The van der Waals surface area contributed by atoms with Gasteiger partial charge in [0.15, 0.2) is 5.69 Å². The monoisotopic (exact) mass is 316 g/mol. The van der Waals surface area contributed by atoms with Gasteiger partial charge in [-0.15, -0.1) is 0 Å². The Kier molecular flexibility index (Phi) is 4.01. The fraction of sp³-hybridized carbons (Fsp3) is 0.231. The van der Waals surface area contributed by atoms with E-state index in [4.69, 9.17) is 28.3 Å². The second-order valence-corrected chi connectivity index (χ2v) is 5.27. The molecule has 20 heavy (non-hydrogen) atoms. The van der Waals surface area contributed by atoms with E-state index >= 15 is 0 Å². The molecule has 0 bridgehead atoms. The Hall–Kier alpha value is -1.59. The molecular weight excluding hydrogens is 306 g/mol. The summed E-state index contributed by atoms with van der Waals surface area (Å²) in [5, 5.41) is 13.1. The third-order valence-electron chi connectivity index (χ3n) is 2.76. The van der Waals surface area contributed by atoms with Crippen molar-refractivity contribution in [2.24, 2.45) is 0 Å². The van der Waals surface area contributed by atoms with Crippen molar-refractivity contribution >= 4 is 29.2 Å². The van der Waals surface area contributed by atoms with Crippen LogP contribution in [0.15, 0.2) is 18.2 Å². The summed E-state index contributed by atoms with van der Waals surface area (Å²) in [7, 11) is 0. The normalized spacial score (nSPS) is 11.1. The van der Waals surface area contributed by atoms with Crippen LogP contribution in [0.1, 0.15) is 35.9 Å². The number of carbonyl (C=O) groups is 1. The summed E-state index contributed by atoms with van der Waals surface area (Å²) in [6.07, 6.45) is 0. The van der Waals surface area contributed by atoms with Gasteiger partial charge in [0, 0.05) is 0 Å². The van der Waals surface area contributed by atoms with Crippen LogP contribution in [0.4, 0.5) is 4.39 Å². The predicted molar refractivity (Wildman–Crippen MR) is 74.6 cm³/mol. The first-order valence-corrected chi connectivity index (χ1v) is 6.56. The van der Waals surface area contributed by atoms with Gasteiger partial charge < -0.3 is 5.11 Å². The summed E-state index contributed by atoms with van der Waals surface area (Å²) < 4.78 is 15.1. The number of aromatic carboxylic acids is 1. The van der Waals surface area contributed by atoms with Crippen molar-refractivity contribution in [3.8, 4) is 5.69 Å². The molecular formula is C13H11Cl2FN2O2. The van der Waals surface area contributed by atoms with Gasteiger partial charge in [0.2, 0.25) is 0 Å². The van der Waals surface area contributed by atoms with Crippen molar-refractivity contribution in [2.45, 2.75) is 19.8 Å². The first-order chi connectivity index (χ1) is 9.34. The molecule has 0 aliphatic carbocycles. The highest BCUT2D eigenvalue weighted by molar-refractivity contribution is 6.34. The lowest BCUT2D eigenvalue weighted by Crippen LogP contribution is -2.07. The summed E-state index contributed by atoms with van der Waals surface area (Å²) in [5.74, 6) is -2.03. The molecule has 0 spiro atoms. The van der Waals surface area contributed by atoms with E-state index in [9.17, 15) is 9.18 Å². The SMILES string of the molecule is CC(C)c1c(Cl)c(C(=O)O)nn1-c1c(F)cccc1Cl. The van der Waals surface area contributed by atoms with Crippen molar-refractivity contribution in [1.82, 2.24) is 9.78 Å². The molecule has 1 heterocycles. The first-order valence-electron chi connectivity index (χ1n) is 5.80. The predicted octanol–water partition coefficient (Wildman–Crippen LogP) is 4.14. The van der Waals surface area contributed by atoms with Crippen LogP contribution in [0.5, 0.6) is 0 Å². The lowest BCUT2D eigenvalue weighted by atomic mass is 10.1. The number of rotatable bonds is 3. The van der Waals surface area contributed by atoms with Gasteiger partial charge in [-0.3, -0.25) is 0 Å². The molecule has 7 heteroatoms. The van der Waals surface area contributed by atoms with Crippen LogP contribution in [0.25, 0.3) is 5.69 Å². The smallest absolute Gasteiger partial charge is 0.358 e. The molecule has 2 aromatic rings. The standard InChI is InChI=1S/C13H11Cl2FN2O2/c1-6(2)11-9(15)10(13(19)20)17-18(11)12-7(14)4-3-5-8(12)16/h3-6H,1-2H3,(H,19,20). The molecule has 0 amide bonds. The fourth-order valence-electron chi connectivity index (χ4n) is 1.91. The van der Waals surface area contributed by atoms with Gasteiger partial charge in [-0.25, -0.2) is 13.9 Å². The van der Waals surface area contributed by atoms with Crippen LogP contribution in [0.3, 0.4) is 0 Å². The Balaban J connectivity index is 2.80. The highest BCUT2D eigenvalue weighted by atomic mass is 35.5. The number of aromatic nitrogens is 2. The molecule has 0 aliphatic rings. The maximum Gasteiger partial charge on any atom is 0.358 e. The fourth-order valence-corrected chi connectivity index (χ4v) is 2.57. The highest BCUT2D eigenvalue weighted by Crippen LogP contribution is 2.33. The number of hydrogen-bond acceptors (Lipinski definition) is 2. The average molecular weight is 317 g/mol. The van der Waals surface area contributed by atoms with Crippen LogP contribution in [-0.2, 0) is 0 Å². The number of carboxylic acid groups (broad SMARTS) is 1. The maximum absolute atomic E-state index is 14.0. The van der Waals surface area contributed by atoms with Crippen molar-refractivity contribution in [3.05, 3.63) is 45.4 Å². The summed E-state index contributed by atoms with van der Waals surface area (Å²) in [5.41, 5.74) is 0.0676. The van der Waals surface area contributed by atoms with Crippen LogP contribution in [-0.4, -0.2) is 20.9 Å². The van der Waals surface area contributed by atoms with E-state index in [-0.39, 0.29) is 27.3 Å². The van der Waals surface area contributed by atoms with E-state index in [2.05, 4.69) is 5.10 Å². The largest absolute Gasteiger partial charge is 0.476 e. The van der Waals surface area contributed by atoms with Crippen molar-refractivity contribution < 1.29 is 14.3 Å². The third kappa shape index (κ3) is 2.39. The maximum atomic E-state index is 14.0. The van der Waals surface area contributed by atoms with Gasteiger partial charge in [0.1, 0.15) is 11.5 Å². The molecule has 4 nitrogen and oxygen atoms in total.